The predicted octanol–water partition coefficient (Wildman–Crippen LogP) is -0.675. The molecule has 20 heavy (non-hydrogen) atoms. The Morgan fingerprint density at radius 3 is 3.15 bits per heavy atom. The molecule has 9 heteroatoms. The standard InChI is InChI=1S/C11H18N6O3/c1-20-11(19)15-9-6-13-17(16-9)7-10(18)14-8-3-2-4-12-5-8/h6,8,12H,2-5,7H2,1H3,(H,14,18)(H,15,16,19). The largest absolute Gasteiger partial charge is 0.453 e. The van der Waals surface area contributed by atoms with Gasteiger partial charge in [-0.05, 0) is 19.4 Å². The second-order valence-electron chi connectivity index (χ2n) is 4.49. The summed E-state index contributed by atoms with van der Waals surface area (Å²) < 4.78 is 4.43. The average molecular weight is 282 g/mol. The molecule has 0 saturated carbocycles. The van der Waals surface area contributed by atoms with Crippen molar-refractivity contribution >= 4 is 17.8 Å². The second-order valence-corrected chi connectivity index (χ2v) is 4.49. The summed E-state index contributed by atoms with van der Waals surface area (Å²) in [6, 6.07) is 0.152. The third kappa shape index (κ3) is 4.19. The molecule has 0 aliphatic carbocycles. The van der Waals surface area contributed by atoms with Gasteiger partial charge in [-0.3, -0.25) is 10.1 Å². The lowest BCUT2D eigenvalue weighted by atomic mass is 10.1. The van der Waals surface area contributed by atoms with Gasteiger partial charge in [-0.15, -0.1) is 5.10 Å². The van der Waals surface area contributed by atoms with Crippen LogP contribution >= 0.6 is 0 Å². The molecule has 110 valence electrons. The maximum absolute atomic E-state index is 11.8. The minimum Gasteiger partial charge on any atom is -0.453 e. The lowest BCUT2D eigenvalue weighted by molar-refractivity contribution is -0.122. The van der Waals surface area contributed by atoms with Crippen molar-refractivity contribution in [2.75, 3.05) is 25.5 Å². The van der Waals surface area contributed by atoms with Gasteiger partial charge in [0, 0.05) is 12.6 Å². The zero-order chi connectivity index (χ0) is 14.4. The Kier molecular flexibility index (Phi) is 4.88. The van der Waals surface area contributed by atoms with E-state index in [4.69, 9.17) is 0 Å². The Balaban J connectivity index is 1.80. The van der Waals surface area contributed by atoms with Crippen LogP contribution < -0.4 is 16.0 Å². The van der Waals surface area contributed by atoms with Crippen molar-refractivity contribution < 1.29 is 14.3 Å². The van der Waals surface area contributed by atoms with E-state index in [0.717, 1.165) is 25.9 Å². The molecule has 1 aromatic rings. The Morgan fingerprint density at radius 2 is 2.45 bits per heavy atom. The number of aromatic nitrogens is 3. The lowest BCUT2D eigenvalue weighted by Gasteiger charge is -2.23. The number of rotatable bonds is 4. The highest BCUT2D eigenvalue weighted by Gasteiger charge is 2.16. The molecule has 0 radical (unpaired) electrons. The van der Waals surface area contributed by atoms with Gasteiger partial charge in [-0.2, -0.15) is 9.90 Å². The van der Waals surface area contributed by atoms with Crippen LogP contribution in [0.15, 0.2) is 6.20 Å². The smallest absolute Gasteiger partial charge is 0.412 e. The lowest BCUT2D eigenvalue weighted by Crippen LogP contribution is -2.46. The molecule has 0 bridgehead atoms. The molecule has 1 aliphatic rings. The molecular weight excluding hydrogens is 264 g/mol. The zero-order valence-corrected chi connectivity index (χ0v) is 11.3. The maximum Gasteiger partial charge on any atom is 0.412 e. The van der Waals surface area contributed by atoms with Crippen LogP contribution in [-0.4, -0.2) is 53.2 Å². The molecule has 1 fully saturated rings. The first-order valence-electron chi connectivity index (χ1n) is 6.42. The summed E-state index contributed by atoms with van der Waals surface area (Å²) in [4.78, 5) is 24.0. The molecule has 2 rings (SSSR count). The third-order valence-electron chi connectivity index (χ3n) is 2.90. The summed E-state index contributed by atoms with van der Waals surface area (Å²) in [7, 11) is 1.26. The SMILES string of the molecule is COC(=O)Nc1cnn(CC(=O)NC2CCCNC2)n1. The van der Waals surface area contributed by atoms with Crippen molar-refractivity contribution in [3.8, 4) is 0 Å². The van der Waals surface area contributed by atoms with E-state index in [9.17, 15) is 9.59 Å². The van der Waals surface area contributed by atoms with Crippen molar-refractivity contribution in [2.45, 2.75) is 25.4 Å². The van der Waals surface area contributed by atoms with E-state index in [1.54, 1.807) is 0 Å². The van der Waals surface area contributed by atoms with Gasteiger partial charge in [0.25, 0.3) is 0 Å². The molecule has 1 unspecified atom stereocenters. The third-order valence-corrected chi connectivity index (χ3v) is 2.90. The van der Waals surface area contributed by atoms with Crippen LogP contribution in [0.5, 0.6) is 0 Å². The van der Waals surface area contributed by atoms with Gasteiger partial charge in [0.05, 0.1) is 13.3 Å². The van der Waals surface area contributed by atoms with E-state index in [1.807, 2.05) is 0 Å². The number of hydrogen-bond acceptors (Lipinski definition) is 6. The summed E-state index contributed by atoms with van der Waals surface area (Å²) in [5.74, 6) is 0.0860. The topological polar surface area (TPSA) is 110 Å². The van der Waals surface area contributed by atoms with Crippen LogP contribution in [0.4, 0.5) is 10.6 Å². The molecule has 1 saturated heterocycles. The monoisotopic (exact) mass is 282 g/mol. The summed E-state index contributed by atoms with van der Waals surface area (Å²) in [5.41, 5.74) is 0. The molecule has 0 spiro atoms. The highest BCUT2D eigenvalue weighted by Crippen LogP contribution is 2.02. The molecule has 9 nitrogen and oxygen atoms in total. The number of amides is 2. The van der Waals surface area contributed by atoms with Crippen molar-refractivity contribution in [1.82, 2.24) is 25.6 Å². The normalized spacial score (nSPS) is 18.4. The quantitative estimate of drug-likeness (QED) is 0.675. The van der Waals surface area contributed by atoms with Gasteiger partial charge in [0.2, 0.25) is 5.91 Å². The van der Waals surface area contributed by atoms with Crippen LogP contribution in [0.25, 0.3) is 0 Å². The molecule has 2 heterocycles. The maximum atomic E-state index is 11.8. The van der Waals surface area contributed by atoms with E-state index >= 15 is 0 Å². The molecule has 1 aromatic heterocycles. The van der Waals surface area contributed by atoms with Gasteiger partial charge < -0.3 is 15.4 Å². The summed E-state index contributed by atoms with van der Waals surface area (Å²) in [6.45, 7) is 1.79. The molecule has 1 aliphatic heterocycles. The van der Waals surface area contributed by atoms with Gasteiger partial charge in [-0.1, -0.05) is 0 Å². The summed E-state index contributed by atoms with van der Waals surface area (Å²) in [6.07, 6.45) is 2.75. The van der Waals surface area contributed by atoms with Crippen molar-refractivity contribution in [1.29, 1.82) is 0 Å². The van der Waals surface area contributed by atoms with Crippen molar-refractivity contribution in [3.05, 3.63) is 6.20 Å². The van der Waals surface area contributed by atoms with Gasteiger partial charge >= 0.3 is 6.09 Å². The van der Waals surface area contributed by atoms with E-state index in [0.29, 0.717) is 0 Å². The van der Waals surface area contributed by atoms with Crippen LogP contribution in [0, 0.1) is 0 Å². The van der Waals surface area contributed by atoms with Crippen LogP contribution in [0.2, 0.25) is 0 Å². The molecule has 0 aromatic carbocycles. The highest BCUT2D eigenvalue weighted by atomic mass is 16.5. The van der Waals surface area contributed by atoms with E-state index in [-0.39, 0.29) is 24.3 Å². The number of carbonyl (C=O) groups is 2. The van der Waals surface area contributed by atoms with Crippen molar-refractivity contribution in [2.24, 2.45) is 0 Å². The number of nitrogens with zero attached hydrogens (tertiary/aromatic N) is 3. The predicted molar refractivity (Wildman–Crippen MR) is 70.1 cm³/mol. The first-order chi connectivity index (χ1) is 9.67. The van der Waals surface area contributed by atoms with Crippen LogP contribution in [-0.2, 0) is 16.1 Å². The fourth-order valence-electron chi connectivity index (χ4n) is 1.96. The van der Waals surface area contributed by atoms with Crippen molar-refractivity contribution in [3.63, 3.8) is 0 Å². The zero-order valence-electron chi connectivity index (χ0n) is 11.3. The number of anilines is 1. The van der Waals surface area contributed by atoms with Gasteiger partial charge in [-0.25, -0.2) is 4.79 Å². The Morgan fingerprint density at radius 1 is 1.60 bits per heavy atom. The number of piperidine rings is 1. The van der Waals surface area contributed by atoms with Crippen LogP contribution in [0.1, 0.15) is 12.8 Å². The van der Waals surface area contributed by atoms with Gasteiger partial charge in [0.15, 0.2) is 5.82 Å². The summed E-state index contributed by atoms with van der Waals surface area (Å²) >= 11 is 0. The average Bonchev–Trinajstić information content (AvgIpc) is 2.86. The fourth-order valence-corrected chi connectivity index (χ4v) is 1.96. The number of nitrogens with one attached hydrogen (secondary N) is 3. The van der Waals surface area contributed by atoms with E-state index in [1.165, 1.54) is 18.1 Å². The molecule has 2 amide bonds. The number of ether oxygens (including phenoxy) is 1. The van der Waals surface area contributed by atoms with E-state index in [2.05, 4.69) is 30.9 Å². The molecule has 1 atom stereocenters. The van der Waals surface area contributed by atoms with E-state index < -0.39 is 6.09 Å². The fraction of sp³-hybridized carbons (Fsp3) is 0.636. The number of methoxy groups -OCH3 is 1. The number of carbonyl (C=O) groups excluding carboxylic acids is 2. The van der Waals surface area contributed by atoms with Crippen LogP contribution in [0.3, 0.4) is 0 Å². The van der Waals surface area contributed by atoms with Gasteiger partial charge in [0.1, 0.15) is 6.54 Å². The first-order valence-corrected chi connectivity index (χ1v) is 6.42. The highest BCUT2D eigenvalue weighted by molar-refractivity contribution is 5.82. The Bertz CT molecular complexity index is 468. The first kappa shape index (κ1) is 14.3. The second kappa shape index (κ2) is 6.85. The Hall–Kier alpha value is -2.16. The summed E-state index contributed by atoms with van der Waals surface area (Å²) in [5, 5.41) is 16.3. The molecule has 3 N–H and O–H groups in total. The number of hydrogen-bond donors (Lipinski definition) is 3. The minimum atomic E-state index is -0.630. The Labute approximate surface area is 116 Å². The molecular formula is C11H18N6O3. The minimum absolute atomic E-state index is 0.0132.